The summed E-state index contributed by atoms with van der Waals surface area (Å²) in [4.78, 5) is 30.4. The lowest BCUT2D eigenvalue weighted by molar-refractivity contribution is -0.133. The predicted octanol–water partition coefficient (Wildman–Crippen LogP) is 5.42. The highest BCUT2D eigenvalue weighted by molar-refractivity contribution is 6.01. The predicted molar refractivity (Wildman–Crippen MR) is 171 cm³/mol. The van der Waals surface area contributed by atoms with Crippen LogP contribution in [0, 0.1) is 11.6 Å². The lowest BCUT2D eigenvalue weighted by Crippen LogP contribution is -2.68. The van der Waals surface area contributed by atoms with Gasteiger partial charge in [-0.2, -0.15) is 9.97 Å². The first kappa shape index (κ1) is 29.1. The van der Waals surface area contributed by atoms with Crippen molar-refractivity contribution in [1.82, 2.24) is 25.2 Å². The van der Waals surface area contributed by atoms with Crippen molar-refractivity contribution >= 4 is 33.4 Å². The van der Waals surface area contributed by atoms with Gasteiger partial charge in [-0.3, -0.25) is 14.7 Å². The molecule has 9 nitrogen and oxygen atoms in total. The number of β-lactam (4-membered cyclic amide) rings is 1. The fraction of sp³-hybridized carbons (Fsp3) is 0.429. The zero-order valence-corrected chi connectivity index (χ0v) is 25.8. The van der Waals surface area contributed by atoms with Gasteiger partial charge < -0.3 is 20.1 Å². The summed E-state index contributed by atoms with van der Waals surface area (Å²) in [5, 5.41) is 15.2. The van der Waals surface area contributed by atoms with Gasteiger partial charge in [-0.1, -0.05) is 25.1 Å². The molecule has 4 saturated heterocycles. The Morgan fingerprint density at radius 2 is 1.96 bits per heavy atom. The summed E-state index contributed by atoms with van der Waals surface area (Å²) >= 11 is 0. The molecule has 11 heteroatoms. The smallest absolute Gasteiger partial charge is 0.319 e. The second-order valence-electron chi connectivity index (χ2n) is 13.5. The van der Waals surface area contributed by atoms with Gasteiger partial charge in [-0.15, -0.1) is 0 Å². The number of ether oxygens (including phenoxy) is 1. The summed E-state index contributed by atoms with van der Waals surface area (Å²) in [6, 6.07) is 5.96. The molecule has 46 heavy (non-hydrogen) atoms. The molecule has 4 aliphatic rings. The Kier molecular flexibility index (Phi) is 6.68. The van der Waals surface area contributed by atoms with E-state index < -0.39 is 11.6 Å². The number of hydrogen-bond acceptors (Lipinski definition) is 8. The van der Waals surface area contributed by atoms with Crippen LogP contribution in [0.4, 0.5) is 14.6 Å². The molecule has 2 N–H and O–H groups in total. The van der Waals surface area contributed by atoms with Gasteiger partial charge in [0.1, 0.15) is 35.2 Å². The first-order chi connectivity index (χ1) is 22.2. The third-order valence-corrected chi connectivity index (χ3v) is 10.4. The molecule has 4 aliphatic heterocycles. The normalized spacial score (nSPS) is 24.5. The van der Waals surface area contributed by atoms with Crippen LogP contribution in [-0.2, 0) is 11.2 Å². The number of halogens is 2. The van der Waals surface area contributed by atoms with Crippen molar-refractivity contribution in [2.24, 2.45) is 0 Å². The summed E-state index contributed by atoms with van der Waals surface area (Å²) in [6.07, 6.45) is 6.94. The molecular formula is C35H36F2N6O3. The van der Waals surface area contributed by atoms with Gasteiger partial charge in [0.05, 0.1) is 22.9 Å². The second-order valence-corrected chi connectivity index (χ2v) is 13.5. The molecule has 2 aromatic carbocycles. The highest BCUT2D eigenvalue weighted by atomic mass is 19.1. The number of pyridine rings is 1. The van der Waals surface area contributed by atoms with Crippen molar-refractivity contribution in [3.05, 3.63) is 59.8 Å². The second kappa shape index (κ2) is 10.6. The molecule has 4 fully saturated rings. The molecule has 0 bridgehead atoms. The number of phenolic OH excluding ortho intramolecular Hbond substituents is 1. The van der Waals surface area contributed by atoms with Crippen LogP contribution in [0.15, 0.2) is 42.6 Å². The SMILES string of the molecule is C=C1CN2CCCC2(COc2nc(N3CCCC4(CC(=O)N4)C3)c3cnc(-c4cc(O)cc5ccc(F)c(CC)c45)c(F)c3n2)C1. The average Bonchev–Trinajstić information content (AvgIpc) is 3.55. The molecule has 8 rings (SSSR count). The number of fused-ring (bicyclic) bond motifs is 3. The molecule has 2 unspecified atom stereocenters. The van der Waals surface area contributed by atoms with Crippen LogP contribution in [0.5, 0.6) is 11.8 Å². The van der Waals surface area contributed by atoms with E-state index in [0.717, 1.165) is 45.2 Å². The summed E-state index contributed by atoms with van der Waals surface area (Å²) in [6.45, 7) is 9.43. The third kappa shape index (κ3) is 4.58. The van der Waals surface area contributed by atoms with E-state index in [1.807, 2.05) is 6.92 Å². The molecule has 1 amide bonds. The number of amides is 1. The van der Waals surface area contributed by atoms with Gasteiger partial charge >= 0.3 is 6.01 Å². The number of nitrogens with zero attached hydrogens (tertiary/aromatic N) is 5. The summed E-state index contributed by atoms with van der Waals surface area (Å²) in [7, 11) is 0. The molecule has 6 heterocycles. The quantitative estimate of drug-likeness (QED) is 0.216. The first-order valence-corrected chi connectivity index (χ1v) is 16.1. The monoisotopic (exact) mass is 626 g/mol. The minimum absolute atomic E-state index is 0.0236. The number of aromatic nitrogens is 3. The highest BCUT2D eigenvalue weighted by Crippen LogP contribution is 2.43. The molecule has 0 saturated carbocycles. The Morgan fingerprint density at radius 3 is 2.76 bits per heavy atom. The maximum atomic E-state index is 16.9. The number of aryl methyl sites for hydroxylation is 1. The number of carbonyl (C=O) groups excluding carboxylic acids is 1. The number of anilines is 1. The Labute approximate surface area is 265 Å². The fourth-order valence-corrected chi connectivity index (χ4v) is 8.34. The van der Waals surface area contributed by atoms with Gasteiger partial charge in [-0.05, 0) is 79.6 Å². The van der Waals surface area contributed by atoms with Crippen LogP contribution >= 0.6 is 0 Å². The summed E-state index contributed by atoms with van der Waals surface area (Å²) in [5.74, 6) is -0.667. The van der Waals surface area contributed by atoms with Gasteiger partial charge in [0.2, 0.25) is 5.91 Å². The Balaban J connectivity index is 1.27. The van der Waals surface area contributed by atoms with E-state index in [1.165, 1.54) is 23.8 Å². The largest absolute Gasteiger partial charge is 0.508 e. The van der Waals surface area contributed by atoms with E-state index in [9.17, 15) is 14.3 Å². The summed E-state index contributed by atoms with van der Waals surface area (Å²) in [5.41, 5.74) is 1.35. The van der Waals surface area contributed by atoms with Crippen LogP contribution in [0.3, 0.4) is 0 Å². The standard InChI is InChI=1S/C35H36F2N6O3/c1-3-23-26(36)7-6-21-12-22(44)13-24(28(21)23)30-29(37)31-25(16-38-30)32(42-10-4-8-34(18-42)15-27(45)41-34)40-33(39-31)46-19-35-9-5-11-43(35)17-20(2)14-35/h6-7,12-13,16,44H,2-5,8-11,14-15,17-19H2,1H3,(H,41,45). The Bertz CT molecular complexity index is 1940. The number of hydrogen-bond donors (Lipinski definition) is 2. The van der Waals surface area contributed by atoms with Crippen molar-refractivity contribution in [1.29, 1.82) is 0 Å². The van der Waals surface area contributed by atoms with Crippen LogP contribution in [-0.4, -0.2) is 74.7 Å². The zero-order chi connectivity index (χ0) is 31.8. The molecule has 2 atom stereocenters. The number of rotatable bonds is 6. The van der Waals surface area contributed by atoms with E-state index in [2.05, 4.69) is 31.7 Å². The van der Waals surface area contributed by atoms with E-state index in [1.54, 1.807) is 12.3 Å². The number of piperidine rings is 1. The van der Waals surface area contributed by atoms with Gasteiger partial charge in [0, 0.05) is 31.4 Å². The molecule has 0 aliphatic carbocycles. The maximum Gasteiger partial charge on any atom is 0.319 e. The summed E-state index contributed by atoms with van der Waals surface area (Å²) < 4.78 is 38.2. The van der Waals surface area contributed by atoms with Crippen molar-refractivity contribution in [2.75, 3.05) is 37.7 Å². The molecule has 0 radical (unpaired) electrons. The van der Waals surface area contributed by atoms with Crippen molar-refractivity contribution in [3.63, 3.8) is 0 Å². The third-order valence-electron chi connectivity index (χ3n) is 10.4. The van der Waals surface area contributed by atoms with Crippen LogP contribution < -0.4 is 15.0 Å². The van der Waals surface area contributed by atoms with Crippen molar-refractivity contribution in [3.8, 4) is 23.0 Å². The van der Waals surface area contributed by atoms with E-state index in [4.69, 9.17) is 9.72 Å². The number of aromatic hydroxyl groups is 1. The van der Waals surface area contributed by atoms with Gasteiger partial charge in [-0.25, -0.2) is 8.78 Å². The van der Waals surface area contributed by atoms with Crippen LogP contribution in [0.25, 0.3) is 32.9 Å². The van der Waals surface area contributed by atoms with Crippen molar-refractivity contribution < 1.29 is 23.4 Å². The topological polar surface area (TPSA) is 104 Å². The number of phenols is 1. The van der Waals surface area contributed by atoms with E-state index in [0.29, 0.717) is 60.1 Å². The number of benzene rings is 2. The first-order valence-electron chi connectivity index (χ1n) is 16.1. The average molecular weight is 627 g/mol. The lowest BCUT2D eigenvalue weighted by Gasteiger charge is -2.49. The van der Waals surface area contributed by atoms with E-state index in [-0.39, 0.29) is 45.5 Å². The molecule has 1 spiro atoms. The van der Waals surface area contributed by atoms with Crippen LogP contribution in [0.1, 0.15) is 51.0 Å². The minimum Gasteiger partial charge on any atom is -0.508 e. The van der Waals surface area contributed by atoms with Gasteiger partial charge in [0.25, 0.3) is 0 Å². The minimum atomic E-state index is -0.706. The molecule has 238 valence electrons. The Hall–Kier alpha value is -4.38. The molecular weight excluding hydrogens is 590 g/mol. The highest BCUT2D eigenvalue weighted by Gasteiger charge is 2.48. The number of carbonyl (C=O) groups is 1. The molecule has 2 aromatic heterocycles. The molecule has 4 aromatic rings. The zero-order valence-electron chi connectivity index (χ0n) is 25.8. The van der Waals surface area contributed by atoms with Crippen molar-refractivity contribution in [2.45, 2.75) is 62.9 Å². The fourth-order valence-electron chi connectivity index (χ4n) is 8.34. The van der Waals surface area contributed by atoms with E-state index >= 15 is 4.39 Å². The maximum absolute atomic E-state index is 16.9. The lowest BCUT2D eigenvalue weighted by atomic mass is 9.80. The Morgan fingerprint density at radius 1 is 1.13 bits per heavy atom. The number of nitrogens with one attached hydrogen (secondary N) is 1. The van der Waals surface area contributed by atoms with Gasteiger partial charge in [0.15, 0.2) is 5.82 Å². The van der Waals surface area contributed by atoms with Crippen LogP contribution in [0.2, 0.25) is 0 Å².